The van der Waals surface area contributed by atoms with Crippen LogP contribution in [0.5, 0.6) is 0 Å². The second-order valence-electron chi connectivity index (χ2n) is 3.68. The van der Waals surface area contributed by atoms with E-state index >= 15 is 0 Å². The minimum absolute atomic E-state index is 0. The second kappa shape index (κ2) is 6.22. The summed E-state index contributed by atoms with van der Waals surface area (Å²) in [7, 11) is 2.12. The quantitative estimate of drug-likeness (QED) is 0.765. The Balaban J connectivity index is 0.00000144. The van der Waals surface area contributed by atoms with Crippen LogP contribution < -0.4 is 0 Å². The standard InChI is InChI=1S/C9H17NO2.ClH/c1-10-6-4-8(5-7-10)2-3-9(11)12;/h8H,2-7H2,1H3,(H,11,12);1H. The Hall–Kier alpha value is -0.280. The van der Waals surface area contributed by atoms with Gasteiger partial charge < -0.3 is 10.0 Å². The molecule has 0 aliphatic carbocycles. The van der Waals surface area contributed by atoms with Gasteiger partial charge >= 0.3 is 5.97 Å². The van der Waals surface area contributed by atoms with Gasteiger partial charge in [-0.05, 0) is 45.3 Å². The number of halogens is 1. The van der Waals surface area contributed by atoms with Gasteiger partial charge in [0.15, 0.2) is 0 Å². The number of piperidine rings is 1. The van der Waals surface area contributed by atoms with Crippen molar-refractivity contribution in [3.63, 3.8) is 0 Å². The fourth-order valence-electron chi connectivity index (χ4n) is 1.68. The summed E-state index contributed by atoms with van der Waals surface area (Å²) in [5.41, 5.74) is 0. The molecule has 1 aliphatic heterocycles. The number of hydrogen-bond acceptors (Lipinski definition) is 2. The van der Waals surface area contributed by atoms with Crippen molar-refractivity contribution in [2.45, 2.75) is 25.7 Å². The van der Waals surface area contributed by atoms with Crippen LogP contribution in [0, 0.1) is 5.92 Å². The van der Waals surface area contributed by atoms with Crippen LogP contribution in [0.25, 0.3) is 0 Å². The Morgan fingerprint density at radius 3 is 2.46 bits per heavy atom. The summed E-state index contributed by atoms with van der Waals surface area (Å²) in [4.78, 5) is 12.6. The van der Waals surface area contributed by atoms with Crippen LogP contribution in [0.3, 0.4) is 0 Å². The van der Waals surface area contributed by atoms with Crippen molar-refractivity contribution in [2.75, 3.05) is 20.1 Å². The molecule has 78 valence electrons. The molecule has 0 amide bonds. The maximum absolute atomic E-state index is 10.3. The van der Waals surface area contributed by atoms with Gasteiger partial charge in [-0.25, -0.2) is 0 Å². The molecule has 0 spiro atoms. The first-order chi connectivity index (χ1) is 5.68. The zero-order chi connectivity index (χ0) is 8.97. The number of carbonyl (C=O) groups is 1. The normalized spacial score (nSPS) is 19.5. The Bertz CT molecular complexity index is 156. The van der Waals surface area contributed by atoms with E-state index in [4.69, 9.17) is 5.11 Å². The monoisotopic (exact) mass is 207 g/mol. The van der Waals surface area contributed by atoms with E-state index in [1.807, 2.05) is 0 Å². The first kappa shape index (κ1) is 12.7. The fourth-order valence-corrected chi connectivity index (χ4v) is 1.68. The molecule has 1 heterocycles. The molecule has 0 aromatic heterocycles. The lowest BCUT2D eigenvalue weighted by atomic mass is 9.92. The molecule has 1 fully saturated rings. The molecule has 4 heteroatoms. The van der Waals surface area contributed by atoms with E-state index in [2.05, 4.69) is 11.9 Å². The molecular weight excluding hydrogens is 190 g/mol. The van der Waals surface area contributed by atoms with Gasteiger partial charge in [-0.15, -0.1) is 12.4 Å². The predicted molar refractivity (Wildman–Crippen MR) is 54.3 cm³/mol. The van der Waals surface area contributed by atoms with Gasteiger partial charge in [0, 0.05) is 6.42 Å². The molecule has 1 saturated heterocycles. The van der Waals surface area contributed by atoms with E-state index in [9.17, 15) is 4.79 Å². The summed E-state index contributed by atoms with van der Waals surface area (Å²) >= 11 is 0. The van der Waals surface area contributed by atoms with Crippen molar-refractivity contribution in [2.24, 2.45) is 5.92 Å². The van der Waals surface area contributed by atoms with Gasteiger partial charge in [0.2, 0.25) is 0 Å². The van der Waals surface area contributed by atoms with Crippen LogP contribution in [-0.4, -0.2) is 36.1 Å². The van der Waals surface area contributed by atoms with Crippen LogP contribution in [-0.2, 0) is 4.79 Å². The second-order valence-corrected chi connectivity index (χ2v) is 3.68. The molecule has 0 bridgehead atoms. The summed E-state index contributed by atoms with van der Waals surface area (Å²) in [6, 6.07) is 0. The zero-order valence-electron chi connectivity index (χ0n) is 8.03. The molecule has 0 atom stereocenters. The average molecular weight is 208 g/mol. The number of rotatable bonds is 3. The lowest BCUT2D eigenvalue weighted by Crippen LogP contribution is -2.30. The van der Waals surface area contributed by atoms with Crippen molar-refractivity contribution < 1.29 is 9.90 Å². The number of hydrogen-bond donors (Lipinski definition) is 1. The van der Waals surface area contributed by atoms with Gasteiger partial charge in [-0.1, -0.05) is 0 Å². The van der Waals surface area contributed by atoms with Crippen molar-refractivity contribution in [1.29, 1.82) is 0 Å². The molecule has 0 unspecified atom stereocenters. The Labute approximate surface area is 85.5 Å². The predicted octanol–water partition coefficient (Wildman–Crippen LogP) is 1.61. The van der Waals surface area contributed by atoms with E-state index in [1.165, 1.54) is 12.8 Å². The summed E-state index contributed by atoms with van der Waals surface area (Å²) in [5.74, 6) is -0.00812. The summed E-state index contributed by atoms with van der Waals surface area (Å²) in [6.45, 7) is 2.26. The van der Waals surface area contributed by atoms with Gasteiger partial charge in [-0.2, -0.15) is 0 Å². The molecule has 0 aromatic rings. The fraction of sp³-hybridized carbons (Fsp3) is 0.889. The number of carboxylic acid groups (broad SMARTS) is 1. The van der Waals surface area contributed by atoms with Gasteiger partial charge in [0.1, 0.15) is 0 Å². The molecule has 0 aromatic carbocycles. The highest BCUT2D eigenvalue weighted by molar-refractivity contribution is 5.85. The van der Waals surface area contributed by atoms with E-state index in [0.29, 0.717) is 12.3 Å². The number of aliphatic carboxylic acids is 1. The molecule has 0 saturated carbocycles. The van der Waals surface area contributed by atoms with Crippen molar-refractivity contribution >= 4 is 18.4 Å². The SMILES string of the molecule is CN1CCC(CCC(=O)O)CC1.Cl. The molecule has 0 radical (unpaired) electrons. The van der Waals surface area contributed by atoms with Crippen LogP contribution in [0.2, 0.25) is 0 Å². The first-order valence-electron chi connectivity index (χ1n) is 4.59. The van der Waals surface area contributed by atoms with Gasteiger partial charge in [-0.3, -0.25) is 4.79 Å². The number of carboxylic acids is 1. The first-order valence-corrected chi connectivity index (χ1v) is 4.59. The van der Waals surface area contributed by atoms with E-state index in [0.717, 1.165) is 19.5 Å². The van der Waals surface area contributed by atoms with Crippen LogP contribution in [0.4, 0.5) is 0 Å². The summed E-state index contributed by atoms with van der Waals surface area (Å²) < 4.78 is 0. The highest BCUT2D eigenvalue weighted by Crippen LogP contribution is 2.20. The topological polar surface area (TPSA) is 40.5 Å². The van der Waals surface area contributed by atoms with E-state index < -0.39 is 5.97 Å². The Kier molecular flexibility index (Phi) is 6.08. The molecule has 1 aliphatic rings. The minimum Gasteiger partial charge on any atom is -0.481 e. The third-order valence-corrected chi connectivity index (χ3v) is 2.60. The highest BCUT2D eigenvalue weighted by Gasteiger charge is 2.16. The van der Waals surface area contributed by atoms with Crippen LogP contribution in [0.15, 0.2) is 0 Å². The Morgan fingerprint density at radius 2 is 2.00 bits per heavy atom. The Morgan fingerprint density at radius 1 is 1.46 bits per heavy atom. The molecule has 1 rings (SSSR count). The van der Waals surface area contributed by atoms with E-state index in [-0.39, 0.29) is 12.4 Å². The van der Waals surface area contributed by atoms with Gasteiger partial charge in [0.05, 0.1) is 0 Å². The third kappa shape index (κ3) is 5.11. The molecular formula is C9H18ClNO2. The molecule has 3 nitrogen and oxygen atoms in total. The van der Waals surface area contributed by atoms with E-state index in [1.54, 1.807) is 0 Å². The molecule has 1 N–H and O–H groups in total. The number of nitrogens with zero attached hydrogens (tertiary/aromatic N) is 1. The maximum Gasteiger partial charge on any atom is 0.303 e. The third-order valence-electron chi connectivity index (χ3n) is 2.60. The largest absolute Gasteiger partial charge is 0.481 e. The smallest absolute Gasteiger partial charge is 0.303 e. The lowest BCUT2D eigenvalue weighted by Gasteiger charge is -2.28. The maximum atomic E-state index is 10.3. The highest BCUT2D eigenvalue weighted by atomic mass is 35.5. The average Bonchev–Trinajstić information content (AvgIpc) is 2.03. The summed E-state index contributed by atoms with van der Waals surface area (Å²) in [5, 5.41) is 8.49. The van der Waals surface area contributed by atoms with Crippen molar-refractivity contribution in [1.82, 2.24) is 4.90 Å². The van der Waals surface area contributed by atoms with Crippen molar-refractivity contribution in [3.8, 4) is 0 Å². The summed E-state index contributed by atoms with van der Waals surface area (Å²) in [6.07, 6.45) is 3.55. The molecule has 13 heavy (non-hydrogen) atoms. The van der Waals surface area contributed by atoms with Crippen LogP contribution >= 0.6 is 12.4 Å². The van der Waals surface area contributed by atoms with Crippen LogP contribution in [0.1, 0.15) is 25.7 Å². The van der Waals surface area contributed by atoms with Crippen molar-refractivity contribution in [3.05, 3.63) is 0 Å². The minimum atomic E-state index is -0.658. The number of likely N-dealkylation sites (tertiary alicyclic amines) is 1. The lowest BCUT2D eigenvalue weighted by molar-refractivity contribution is -0.137. The zero-order valence-corrected chi connectivity index (χ0v) is 8.85. The van der Waals surface area contributed by atoms with Gasteiger partial charge in [0.25, 0.3) is 0 Å².